The average molecular weight is 382 g/mol. The lowest BCUT2D eigenvalue weighted by molar-refractivity contribution is 0.533. The van der Waals surface area contributed by atoms with E-state index in [9.17, 15) is 8.78 Å². The molecule has 0 aliphatic carbocycles. The number of aromatic nitrogens is 5. The Kier molecular flexibility index (Phi) is 3.81. The maximum absolute atomic E-state index is 14.3. The minimum atomic E-state index is -0.448. The van der Waals surface area contributed by atoms with Crippen molar-refractivity contribution < 1.29 is 13.2 Å². The van der Waals surface area contributed by atoms with Gasteiger partial charge >= 0.3 is 0 Å². The minimum absolute atomic E-state index is 0.275. The molecule has 1 unspecified atom stereocenters. The van der Waals surface area contributed by atoms with Crippen LogP contribution in [0.1, 0.15) is 30.3 Å². The van der Waals surface area contributed by atoms with E-state index in [1.54, 1.807) is 23.8 Å². The van der Waals surface area contributed by atoms with Gasteiger partial charge in [0.25, 0.3) is 5.89 Å². The number of hydrogen-bond acceptors (Lipinski definition) is 6. The summed E-state index contributed by atoms with van der Waals surface area (Å²) in [6.45, 7) is 2.41. The number of hydrogen-bond donors (Lipinski definition) is 0. The lowest BCUT2D eigenvalue weighted by atomic mass is 10.0. The summed E-state index contributed by atoms with van der Waals surface area (Å²) >= 11 is 0. The fourth-order valence-electron chi connectivity index (χ4n) is 3.71. The lowest BCUT2D eigenvalue weighted by Crippen LogP contribution is -2.24. The number of benzene rings is 1. The maximum atomic E-state index is 14.3. The van der Waals surface area contributed by atoms with Gasteiger partial charge in [0.2, 0.25) is 5.89 Å². The van der Waals surface area contributed by atoms with Gasteiger partial charge in [-0.05, 0) is 37.1 Å². The SMILES string of the molecule is Cc1nnc(-c2cnn3ccc(N4CCCC4c4cc(F)ccc4F)nc23)o1. The van der Waals surface area contributed by atoms with Crippen LogP contribution in [0.3, 0.4) is 0 Å². The van der Waals surface area contributed by atoms with Crippen LogP contribution >= 0.6 is 0 Å². The molecule has 0 bridgehead atoms. The molecule has 0 amide bonds. The highest BCUT2D eigenvalue weighted by Crippen LogP contribution is 2.37. The van der Waals surface area contributed by atoms with Gasteiger partial charge in [-0.25, -0.2) is 18.3 Å². The number of aryl methyl sites for hydroxylation is 1. The Morgan fingerprint density at radius 3 is 2.89 bits per heavy atom. The topological polar surface area (TPSA) is 72.3 Å². The van der Waals surface area contributed by atoms with Gasteiger partial charge in [0.05, 0.1) is 12.2 Å². The zero-order valence-electron chi connectivity index (χ0n) is 15.0. The highest BCUT2D eigenvalue weighted by Gasteiger charge is 2.30. The van der Waals surface area contributed by atoms with Crippen molar-refractivity contribution in [2.45, 2.75) is 25.8 Å². The summed E-state index contributed by atoms with van der Waals surface area (Å²) in [4.78, 5) is 6.71. The molecule has 1 aliphatic rings. The molecule has 0 spiro atoms. The Labute approximate surface area is 158 Å². The fourth-order valence-corrected chi connectivity index (χ4v) is 3.71. The average Bonchev–Trinajstić information content (AvgIpc) is 3.42. The number of fused-ring (bicyclic) bond motifs is 1. The number of halogens is 2. The summed E-state index contributed by atoms with van der Waals surface area (Å²) in [5, 5.41) is 12.2. The zero-order valence-corrected chi connectivity index (χ0v) is 15.0. The number of nitrogens with zero attached hydrogens (tertiary/aromatic N) is 6. The Morgan fingerprint density at radius 1 is 1.18 bits per heavy atom. The summed E-state index contributed by atoms with van der Waals surface area (Å²) in [5.41, 5.74) is 1.53. The molecule has 1 aromatic carbocycles. The van der Waals surface area contributed by atoms with E-state index >= 15 is 0 Å². The quantitative estimate of drug-likeness (QED) is 0.538. The summed E-state index contributed by atoms with van der Waals surface area (Å²) in [6, 6.07) is 5.11. The molecule has 1 fully saturated rings. The van der Waals surface area contributed by atoms with Crippen LogP contribution in [-0.2, 0) is 0 Å². The van der Waals surface area contributed by atoms with Gasteiger partial charge in [0.1, 0.15) is 23.0 Å². The van der Waals surface area contributed by atoms with Crippen molar-refractivity contribution in [1.29, 1.82) is 0 Å². The van der Waals surface area contributed by atoms with Crippen LogP contribution in [0, 0.1) is 18.6 Å². The van der Waals surface area contributed by atoms with Crippen molar-refractivity contribution in [2.24, 2.45) is 0 Å². The first-order chi connectivity index (χ1) is 13.6. The van der Waals surface area contributed by atoms with E-state index < -0.39 is 11.6 Å². The third-order valence-corrected chi connectivity index (χ3v) is 4.97. The van der Waals surface area contributed by atoms with Crippen molar-refractivity contribution in [3.05, 3.63) is 59.7 Å². The van der Waals surface area contributed by atoms with E-state index in [1.165, 1.54) is 12.1 Å². The molecule has 142 valence electrons. The van der Waals surface area contributed by atoms with E-state index in [0.29, 0.717) is 40.9 Å². The van der Waals surface area contributed by atoms with Crippen molar-refractivity contribution in [3.8, 4) is 11.5 Å². The minimum Gasteiger partial charge on any atom is -0.421 e. The molecule has 0 saturated carbocycles. The number of rotatable bonds is 3. The highest BCUT2D eigenvalue weighted by atomic mass is 19.1. The second-order valence-electron chi connectivity index (χ2n) is 6.76. The predicted molar refractivity (Wildman–Crippen MR) is 96.7 cm³/mol. The Hall–Kier alpha value is -3.36. The molecule has 5 rings (SSSR count). The lowest BCUT2D eigenvalue weighted by Gasteiger charge is -2.26. The molecule has 4 aromatic rings. The zero-order chi connectivity index (χ0) is 19.3. The molecule has 1 atom stereocenters. The second kappa shape index (κ2) is 6.36. The monoisotopic (exact) mass is 382 g/mol. The first-order valence-corrected chi connectivity index (χ1v) is 8.96. The highest BCUT2D eigenvalue weighted by molar-refractivity contribution is 5.72. The summed E-state index contributed by atoms with van der Waals surface area (Å²) in [6.07, 6.45) is 4.99. The van der Waals surface area contributed by atoms with Crippen LogP contribution < -0.4 is 4.90 Å². The normalized spacial score (nSPS) is 17.0. The van der Waals surface area contributed by atoms with Gasteiger partial charge in [-0.2, -0.15) is 5.10 Å². The first-order valence-electron chi connectivity index (χ1n) is 8.96. The molecule has 0 N–H and O–H groups in total. The van der Waals surface area contributed by atoms with E-state index in [0.717, 1.165) is 18.9 Å². The fraction of sp³-hybridized carbons (Fsp3) is 0.263. The van der Waals surface area contributed by atoms with Crippen molar-refractivity contribution >= 4 is 11.5 Å². The van der Waals surface area contributed by atoms with Gasteiger partial charge < -0.3 is 9.32 Å². The summed E-state index contributed by atoms with van der Waals surface area (Å²) in [7, 11) is 0. The van der Waals surface area contributed by atoms with Gasteiger partial charge in [0, 0.05) is 25.2 Å². The van der Waals surface area contributed by atoms with Crippen LogP contribution in [0.5, 0.6) is 0 Å². The molecule has 3 aromatic heterocycles. The van der Waals surface area contributed by atoms with Crippen LogP contribution in [0.2, 0.25) is 0 Å². The molecular formula is C19H16F2N6O. The Morgan fingerprint density at radius 2 is 2.07 bits per heavy atom. The third kappa shape index (κ3) is 2.70. The van der Waals surface area contributed by atoms with Gasteiger partial charge in [-0.1, -0.05) is 0 Å². The van der Waals surface area contributed by atoms with Gasteiger partial charge in [-0.3, -0.25) is 0 Å². The van der Waals surface area contributed by atoms with E-state index in [-0.39, 0.29) is 6.04 Å². The van der Waals surface area contributed by atoms with Crippen LogP contribution in [-0.4, -0.2) is 31.3 Å². The summed E-state index contributed by atoms with van der Waals surface area (Å²) in [5.74, 6) is 0.594. The predicted octanol–water partition coefficient (Wildman–Crippen LogP) is 3.71. The molecule has 9 heteroatoms. The van der Waals surface area contributed by atoms with Crippen LogP contribution in [0.15, 0.2) is 41.1 Å². The molecule has 0 radical (unpaired) electrons. The second-order valence-corrected chi connectivity index (χ2v) is 6.76. The smallest absolute Gasteiger partial charge is 0.253 e. The van der Waals surface area contributed by atoms with Crippen molar-refractivity contribution in [3.63, 3.8) is 0 Å². The molecule has 28 heavy (non-hydrogen) atoms. The molecule has 1 saturated heterocycles. The largest absolute Gasteiger partial charge is 0.421 e. The first kappa shape index (κ1) is 16.8. The Bertz CT molecular complexity index is 1170. The number of anilines is 1. The third-order valence-electron chi connectivity index (χ3n) is 4.97. The summed E-state index contributed by atoms with van der Waals surface area (Å²) < 4.78 is 35.2. The maximum Gasteiger partial charge on any atom is 0.253 e. The van der Waals surface area contributed by atoms with Gasteiger partial charge in [0.15, 0.2) is 5.65 Å². The van der Waals surface area contributed by atoms with Crippen molar-refractivity contribution in [2.75, 3.05) is 11.4 Å². The van der Waals surface area contributed by atoms with E-state index in [4.69, 9.17) is 9.40 Å². The van der Waals surface area contributed by atoms with E-state index in [2.05, 4.69) is 15.3 Å². The standard InChI is InChI=1S/C19H16F2N6O/c1-11-24-25-19(28-11)14-10-22-27-8-6-17(23-18(14)27)26-7-2-3-16(26)13-9-12(20)4-5-15(13)21/h4-6,8-10,16H,2-3,7H2,1H3. The molecule has 4 heterocycles. The van der Waals surface area contributed by atoms with Gasteiger partial charge in [-0.15, -0.1) is 10.2 Å². The molecule has 1 aliphatic heterocycles. The Balaban J connectivity index is 1.57. The van der Waals surface area contributed by atoms with E-state index in [1.807, 2.05) is 11.0 Å². The molecule has 7 nitrogen and oxygen atoms in total. The van der Waals surface area contributed by atoms with Crippen LogP contribution in [0.25, 0.3) is 17.1 Å². The van der Waals surface area contributed by atoms with Crippen molar-refractivity contribution in [1.82, 2.24) is 24.8 Å². The molecular weight excluding hydrogens is 366 g/mol. The van der Waals surface area contributed by atoms with Crippen LogP contribution in [0.4, 0.5) is 14.6 Å².